The van der Waals surface area contributed by atoms with Gasteiger partial charge in [0.15, 0.2) is 0 Å². The van der Waals surface area contributed by atoms with E-state index >= 15 is 0 Å². The standard InChI is InChI=1S/C10H19Br/c1-9(2)5-8(11)6-10(3,4)7-9/h8H,5-7H2,1-4H3. The van der Waals surface area contributed by atoms with E-state index in [1.165, 1.54) is 19.3 Å². The molecule has 0 N–H and O–H groups in total. The maximum Gasteiger partial charge on any atom is 0.0156 e. The second-order valence-corrected chi connectivity index (χ2v) is 6.81. The molecule has 1 aliphatic rings. The molecule has 11 heavy (non-hydrogen) atoms. The van der Waals surface area contributed by atoms with Gasteiger partial charge in [0.05, 0.1) is 0 Å². The van der Waals surface area contributed by atoms with Gasteiger partial charge in [0.2, 0.25) is 0 Å². The van der Waals surface area contributed by atoms with E-state index < -0.39 is 0 Å². The summed E-state index contributed by atoms with van der Waals surface area (Å²) in [6.07, 6.45) is 4.02. The predicted octanol–water partition coefficient (Wildman–Crippen LogP) is 3.99. The summed E-state index contributed by atoms with van der Waals surface area (Å²) in [6.45, 7) is 9.51. The van der Waals surface area contributed by atoms with Crippen LogP contribution in [0.2, 0.25) is 0 Å². The largest absolute Gasteiger partial charge is 0.0890 e. The second kappa shape index (κ2) is 2.76. The van der Waals surface area contributed by atoms with Gasteiger partial charge in [-0.2, -0.15) is 0 Å². The fraction of sp³-hybridized carbons (Fsp3) is 1.00. The lowest BCUT2D eigenvalue weighted by Gasteiger charge is -2.43. The van der Waals surface area contributed by atoms with Gasteiger partial charge in [-0.25, -0.2) is 0 Å². The van der Waals surface area contributed by atoms with Gasteiger partial charge in [-0.15, -0.1) is 0 Å². The van der Waals surface area contributed by atoms with Crippen molar-refractivity contribution in [2.24, 2.45) is 10.8 Å². The van der Waals surface area contributed by atoms with Crippen molar-refractivity contribution in [1.82, 2.24) is 0 Å². The summed E-state index contributed by atoms with van der Waals surface area (Å²) in [7, 11) is 0. The normalized spacial score (nSPS) is 30.3. The maximum absolute atomic E-state index is 3.74. The third-order valence-electron chi connectivity index (χ3n) is 2.51. The molecule has 0 aliphatic heterocycles. The summed E-state index contributed by atoms with van der Waals surface area (Å²) in [5, 5.41) is 0. The van der Waals surface area contributed by atoms with Crippen molar-refractivity contribution in [3.8, 4) is 0 Å². The van der Waals surface area contributed by atoms with Crippen molar-refractivity contribution in [2.45, 2.75) is 51.8 Å². The molecule has 0 radical (unpaired) electrons. The van der Waals surface area contributed by atoms with Gasteiger partial charge >= 0.3 is 0 Å². The number of alkyl halides is 1. The van der Waals surface area contributed by atoms with E-state index in [4.69, 9.17) is 0 Å². The van der Waals surface area contributed by atoms with E-state index in [2.05, 4.69) is 43.6 Å². The molecule has 66 valence electrons. The molecule has 0 aromatic rings. The van der Waals surface area contributed by atoms with Crippen LogP contribution in [-0.2, 0) is 0 Å². The Morgan fingerprint density at radius 3 is 1.64 bits per heavy atom. The average molecular weight is 219 g/mol. The van der Waals surface area contributed by atoms with Crippen LogP contribution < -0.4 is 0 Å². The molecule has 0 saturated heterocycles. The second-order valence-electron chi connectivity index (χ2n) is 5.51. The van der Waals surface area contributed by atoms with Crippen LogP contribution in [-0.4, -0.2) is 4.83 Å². The van der Waals surface area contributed by atoms with Gasteiger partial charge in [0.1, 0.15) is 0 Å². The van der Waals surface area contributed by atoms with Crippen LogP contribution in [0.25, 0.3) is 0 Å². The van der Waals surface area contributed by atoms with Crippen LogP contribution in [0.4, 0.5) is 0 Å². The first kappa shape index (κ1) is 9.57. The zero-order chi connectivity index (χ0) is 8.70. The van der Waals surface area contributed by atoms with Crippen molar-refractivity contribution in [1.29, 1.82) is 0 Å². The Kier molecular flexibility index (Phi) is 2.40. The highest BCUT2D eigenvalue weighted by molar-refractivity contribution is 9.09. The van der Waals surface area contributed by atoms with Crippen LogP contribution in [0.5, 0.6) is 0 Å². The lowest BCUT2D eigenvalue weighted by Crippen LogP contribution is -2.34. The average Bonchev–Trinajstić information content (AvgIpc) is 1.49. The molecule has 1 fully saturated rings. The van der Waals surface area contributed by atoms with E-state index in [9.17, 15) is 0 Å². The first-order valence-corrected chi connectivity index (χ1v) is 5.36. The third-order valence-corrected chi connectivity index (χ3v) is 3.15. The zero-order valence-electron chi connectivity index (χ0n) is 8.08. The molecule has 0 heterocycles. The topological polar surface area (TPSA) is 0 Å². The number of hydrogen-bond acceptors (Lipinski definition) is 0. The molecule has 1 heteroatoms. The molecule has 0 atom stereocenters. The SMILES string of the molecule is CC1(C)CC(Br)CC(C)(C)C1. The minimum absolute atomic E-state index is 0.538. The Morgan fingerprint density at radius 2 is 1.36 bits per heavy atom. The smallest absolute Gasteiger partial charge is 0.0156 e. The monoisotopic (exact) mass is 218 g/mol. The number of rotatable bonds is 0. The molecule has 0 amide bonds. The predicted molar refractivity (Wildman–Crippen MR) is 54.1 cm³/mol. The van der Waals surface area contributed by atoms with E-state index in [-0.39, 0.29) is 0 Å². The van der Waals surface area contributed by atoms with Crippen molar-refractivity contribution in [3.05, 3.63) is 0 Å². The lowest BCUT2D eigenvalue weighted by molar-refractivity contribution is 0.123. The fourth-order valence-corrected chi connectivity index (χ4v) is 4.46. The highest BCUT2D eigenvalue weighted by Crippen LogP contribution is 2.47. The molecule has 1 rings (SSSR count). The van der Waals surface area contributed by atoms with Crippen molar-refractivity contribution in [3.63, 3.8) is 0 Å². The number of hydrogen-bond donors (Lipinski definition) is 0. The van der Waals surface area contributed by atoms with Crippen LogP contribution in [0.3, 0.4) is 0 Å². The summed E-state index contributed by atoms with van der Waals surface area (Å²) < 4.78 is 0. The molecule has 1 aliphatic carbocycles. The summed E-state index contributed by atoms with van der Waals surface area (Å²) in [5.41, 5.74) is 1.08. The highest BCUT2D eigenvalue weighted by atomic mass is 79.9. The molecule has 0 nitrogen and oxygen atoms in total. The van der Waals surface area contributed by atoms with E-state index in [1.807, 2.05) is 0 Å². The van der Waals surface area contributed by atoms with Crippen molar-refractivity contribution < 1.29 is 0 Å². The summed E-state index contributed by atoms with van der Waals surface area (Å²) in [6, 6.07) is 0. The van der Waals surface area contributed by atoms with Crippen LogP contribution in [0, 0.1) is 10.8 Å². The molecule has 1 saturated carbocycles. The summed E-state index contributed by atoms with van der Waals surface area (Å²) in [5.74, 6) is 0. The van der Waals surface area contributed by atoms with Gasteiger partial charge in [-0.1, -0.05) is 43.6 Å². The minimum atomic E-state index is 0.538. The van der Waals surface area contributed by atoms with Crippen LogP contribution >= 0.6 is 15.9 Å². The van der Waals surface area contributed by atoms with Crippen molar-refractivity contribution in [2.75, 3.05) is 0 Å². The summed E-state index contributed by atoms with van der Waals surface area (Å²) >= 11 is 3.74. The Morgan fingerprint density at radius 1 is 1.00 bits per heavy atom. The molecule has 0 bridgehead atoms. The first-order valence-electron chi connectivity index (χ1n) is 4.45. The van der Waals surface area contributed by atoms with Gasteiger partial charge < -0.3 is 0 Å². The van der Waals surface area contributed by atoms with Gasteiger partial charge in [-0.05, 0) is 30.1 Å². The van der Waals surface area contributed by atoms with Gasteiger partial charge in [0.25, 0.3) is 0 Å². The maximum atomic E-state index is 3.74. The molecular formula is C10H19Br. The first-order chi connectivity index (χ1) is 4.81. The quantitative estimate of drug-likeness (QED) is 0.540. The van der Waals surface area contributed by atoms with E-state index in [1.54, 1.807) is 0 Å². The molecule has 0 aromatic carbocycles. The van der Waals surface area contributed by atoms with Crippen molar-refractivity contribution >= 4 is 15.9 Å². The Labute approximate surface area is 78.9 Å². The molecular weight excluding hydrogens is 200 g/mol. The molecule has 0 aromatic heterocycles. The lowest BCUT2D eigenvalue weighted by atomic mass is 9.65. The Bertz CT molecular complexity index is 131. The van der Waals surface area contributed by atoms with Crippen LogP contribution in [0.1, 0.15) is 47.0 Å². The molecule has 0 unspecified atom stereocenters. The van der Waals surface area contributed by atoms with E-state index in [0.717, 1.165) is 4.83 Å². The zero-order valence-corrected chi connectivity index (χ0v) is 9.66. The van der Waals surface area contributed by atoms with E-state index in [0.29, 0.717) is 10.8 Å². The fourth-order valence-electron chi connectivity index (χ4n) is 2.71. The third kappa shape index (κ3) is 2.77. The molecule has 0 spiro atoms. The highest BCUT2D eigenvalue weighted by Gasteiger charge is 2.37. The number of halogens is 1. The van der Waals surface area contributed by atoms with Gasteiger partial charge in [0, 0.05) is 4.83 Å². The minimum Gasteiger partial charge on any atom is -0.0890 e. The Hall–Kier alpha value is 0.480. The van der Waals surface area contributed by atoms with Gasteiger partial charge in [-0.3, -0.25) is 0 Å². The Balaban J connectivity index is 2.66. The van der Waals surface area contributed by atoms with Crippen LogP contribution in [0.15, 0.2) is 0 Å². The summed E-state index contributed by atoms with van der Waals surface area (Å²) in [4.78, 5) is 0.737.